The van der Waals surface area contributed by atoms with Crippen molar-refractivity contribution in [3.8, 4) is 0 Å². The number of hydrogen-bond donors (Lipinski definition) is 1. The Kier molecular flexibility index (Phi) is 1.92. The highest BCUT2D eigenvalue weighted by atomic mass is 14.7. The summed E-state index contributed by atoms with van der Waals surface area (Å²) in [6, 6.07) is 0.549. The molecule has 0 atom stereocenters. The molecule has 2 rings (SSSR count). The third-order valence-electron chi connectivity index (χ3n) is 3.55. The van der Waals surface area contributed by atoms with Gasteiger partial charge < -0.3 is 5.73 Å². The Hall–Kier alpha value is -0.0400. The van der Waals surface area contributed by atoms with Crippen molar-refractivity contribution in [1.29, 1.82) is 0 Å². The standard InChI is InChI=1S/C10H19N/c11-9-7-10(8-9)5-3-1-2-4-6-10/h9H,1-8,11H2. The monoisotopic (exact) mass is 153 g/mol. The van der Waals surface area contributed by atoms with Gasteiger partial charge in [-0.1, -0.05) is 25.7 Å². The summed E-state index contributed by atoms with van der Waals surface area (Å²) in [5, 5.41) is 0. The Bertz CT molecular complexity index is 126. The van der Waals surface area contributed by atoms with Crippen LogP contribution < -0.4 is 5.73 Å². The van der Waals surface area contributed by atoms with Crippen molar-refractivity contribution < 1.29 is 0 Å². The van der Waals surface area contributed by atoms with E-state index in [9.17, 15) is 0 Å². The smallest absolute Gasteiger partial charge is 0.00494 e. The normalized spacial score (nSPS) is 31.4. The third-order valence-corrected chi connectivity index (χ3v) is 3.55. The molecule has 0 saturated heterocycles. The summed E-state index contributed by atoms with van der Waals surface area (Å²) in [7, 11) is 0. The predicted octanol–water partition coefficient (Wildman–Crippen LogP) is 2.45. The van der Waals surface area contributed by atoms with Crippen LogP contribution in [0.15, 0.2) is 0 Å². The van der Waals surface area contributed by atoms with Crippen LogP contribution in [0.4, 0.5) is 0 Å². The minimum atomic E-state index is 0.549. The predicted molar refractivity (Wildman–Crippen MR) is 47.3 cm³/mol. The van der Waals surface area contributed by atoms with E-state index in [4.69, 9.17) is 5.73 Å². The van der Waals surface area contributed by atoms with Crippen LogP contribution in [0.3, 0.4) is 0 Å². The fraction of sp³-hybridized carbons (Fsp3) is 1.00. The van der Waals surface area contributed by atoms with Gasteiger partial charge in [0.25, 0.3) is 0 Å². The van der Waals surface area contributed by atoms with Gasteiger partial charge >= 0.3 is 0 Å². The second-order valence-electron chi connectivity index (χ2n) is 4.58. The van der Waals surface area contributed by atoms with Crippen LogP contribution in [-0.2, 0) is 0 Å². The lowest BCUT2D eigenvalue weighted by atomic mass is 9.62. The van der Waals surface area contributed by atoms with E-state index in [1.807, 2.05) is 0 Å². The summed E-state index contributed by atoms with van der Waals surface area (Å²) >= 11 is 0. The lowest BCUT2D eigenvalue weighted by molar-refractivity contribution is 0.0835. The van der Waals surface area contributed by atoms with Gasteiger partial charge in [-0.2, -0.15) is 0 Å². The summed E-state index contributed by atoms with van der Waals surface area (Å²) in [5.41, 5.74) is 6.57. The zero-order valence-corrected chi connectivity index (χ0v) is 7.31. The molecule has 0 radical (unpaired) electrons. The summed E-state index contributed by atoms with van der Waals surface area (Å²) in [4.78, 5) is 0. The Balaban J connectivity index is 1.91. The SMILES string of the molecule is NC1CC2(CCCCCC2)C1. The molecule has 0 unspecified atom stereocenters. The van der Waals surface area contributed by atoms with E-state index in [1.165, 1.54) is 51.4 Å². The first-order valence-electron chi connectivity index (χ1n) is 5.06. The van der Waals surface area contributed by atoms with Crippen LogP contribution in [-0.4, -0.2) is 6.04 Å². The second-order valence-corrected chi connectivity index (χ2v) is 4.58. The maximum atomic E-state index is 5.84. The van der Waals surface area contributed by atoms with Gasteiger partial charge in [-0.3, -0.25) is 0 Å². The highest BCUT2D eigenvalue weighted by Gasteiger charge is 2.41. The van der Waals surface area contributed by atoms with Crippen LogP contribution in [0.1, 0.15) is 51.4 Å². The topological polar surface area (TPSA) is 26.0 Å². The maximum absolute atomic E-state index is 5.84. The van der Waals surface area contributed by atoms with Gasteiger partial charge in [-0.25, -0.2) is 0 Å². The molecule has 11 heavy (non-hydrogen) atoms. The van der Waals surface area contributed by atoms with Crippen LogP contribution in [0, 0.1) is 5.41 Å². The molecular weight excluding hydrogens is 134 g/mol. The number of nitrogens with two attached hydrogens (primary N) is 1. The largest absolute Gasteiger partial charge is 0.328 e. The molecule has 0 bridgehead atoms. The lowest BCUT2D eigenvalue weighted by Gasteiger charge is -2.46. The van der Waals surface area contributed by atoms with Crippen LogP contribution in [0.2, 0.25) is 0 Å². The molecule has 0 aromatic carbocycles. The van der Waals surface area contributed by atoms with Gasteiger partial charge in [-0.15, -0.1) is 0 Å². The fourth-order valence-electron chi connectivity index (χ4n) is 2.94. The van der Waals surface area contributed by atoms with E-state index in [1.54, 1.807) is 0 Å². The van der Waals surface area contributed by atoms with Gasteiger partial charge in [-0.05, 0) is 31.1 Å². The fourth-order valence-corrected chi connectivity index (χ4v) is 2.94. The molecule has 0 heterocycles. The van der Waals surface area contributed by atoms with E-state index < -0.39 is 0 Å². The van der Waals surface area contributed by atoms with Crippen molar-refractivity contribution in [3.05, 3.63) is 0 Å². The lowest BCUT2D eigenvalue weighted by Crippen LogP contribution is -2.45. The first kappa shape index (κ1) is 7.60. The van der Waals surface area contributed by atoms with Crippen molar-refractivity contribution >= 4 is 0 Å². The molecule has 2 aliphatic carbocycles. The third kappa shape index (κ3) is 1.44. The van der Waals surface area contributed by atoms with Gasteiger partial charge in [0.15, 0.2) is 0 Å². The van der Waals surface area contributed by atoms with Gasteiger partial charge in [0.1, 0.15) is 0 Å². The number of hydrogen-bond acceptors (Lipinski definition) is 1. The summed E-state index contributed by atoms with van der Waals surface area (Å²) in [6.45, 7) is 0. The second kappa shape index (κ2) is 2.78. The Labute approximate surface area is 69.4 Å². The minimum absolute atomic E-state index is 0.549. The molecule has 0 aliphatic heterocycles. The van der Waals surface area contributed by atoms with Crippen LogP contribution >= 0.6 is 0 Å². The molecule has 2 aliphatic rings. The summed E-state index contributed by atoms with van der Waals surface area (Å²) in [5.74, 6) is 0. The average Bonchev–Trinajstić information content (AvgIpc) is 2.12. The Morgan fingerprint density at radius 2 is 1.45 bits per heavy atom. The van der Waals surface area contributed by atoms with Crippen molar-refractivity contribution in [2.45, 2.75) is 57.4 Å². The van der Waals surface area contributed by atoms with Gasteiger partial charge in [0, 0.05) is 6.04 Å². The quantitative estimate of drug-likeness (QED) is 0.568. The molecule has 0 amide bonds. The molecule has 2 fully saturated rings. The first-order valence-corrected chi connectivity index (χ1v) is 5.06. The zero-order valence-electron chi connectivity index (χ0n) is 7.31. The molecular formula is C10H19N. The van der Waals surface area contributed by atoms with Gasteiger partial charge in [0.05, 0.1) is 0 Å². The first-order chi connectivity index (χ1) is 5.31. The molecule has 1 heteroatoms. The minimum Gasteiger partial charge on any atom is -0.328 e. The number of rotatable bonds is 0. The van der Waals surface area contributed by atoms with Crippen molar-refractivity contribution in [1.82, 2.24) is 0 Å². The van der Waals surface area contributed by atoms with Crippen molar-refractivity contribution in [3.63, 3.8) is 0 Å². The zero-order chi connectivity index (χ0) is 7.73. The van der Waals surface area contributed by atoms with E-state index in [0.29, 0.717) is 6.04 Å². The highest BCUT2D eigenvalue weighted by Crippen LogP contribution is 2.49. The van der Waals surface area contributed by atoms with E-state index in [0.717, 1.165) is 5.41 Å². The van der Waals surface area contributed by atoms with E-state index in [2.05, 4.69) is 0 Å². The Morgan fingerprint density at radius 1 is 0.909 bits per heavy atom. The molecule has 0 aromatic rings. The van der Waals surface area contributed by atoms with Crippen molar-refractivity contribution in [2.75, 3.05) is 0 Å². The van der Waals surface area contributed by atoms with Gasteiger partial charge in [0.2, 0.25) is 0 Å². The molecule has 0 aromatic heterocycles. The molecule has 1 spiro atoms. The molecule has 1 nitrogen and oxygen atoms in total. The maximum Gasteiger partial charge on any atom is 0.00494 e. The summed E-state index contributed by atoms with van der Waals surface area (Å²) < 4.78 is 0. The van der Waals surface area contributed by atoms with E-state index in [-0.39, 0.29) is 0 Å². The van der Waals surface area contributed by atoms with E-state index >= 15 is 0 Å². The highest BCUT2D eigenvalue weighted by molar-refractivity contribution is 4.96. The van der Waals surface area contributed by atoms with Crippen molar-refractivity contribution in [2.24, 2.45) is 11.1 Å². The molecule has 2 saturated carbocycles. The van der Waals surface area contributed by atoms with Crippen LogP contribution in [0.5, 0.6) is 0 Å². The molecule has 2 N–H and O–H groups in total. The van der Waals surface area contributed by atoms with Crippen LogP contribution in [0.25, 0.3) is 0 Å². The average molecular weight is 153 g/mol. The Morgan fingerprint density at radius 3 is 1.91 bits per heavy atom. The molecule has 64 valence electrons. The summed E-state index contributed by atoms with van der Waals surface area (Å²) in [6.07, 6.45) is 11.5.